The minimum Gasteiger partial charge on any atom is -0.368 e. The molecule has 0 unspecified atom stereocenters. The first-order valence-corrected chi connectivity index (χ1v) is 8.16. The third kappa shape index (κ3) is 2.82. The van der Waals surface area contributed by atoms with Gasteiger partial charge in [0, 0.05) is 10.6 Å². The maximum absolute atomic E-state index is 13.1. The summed E-state index contributed by atoms with van der Waals surface area (Å²) in [6, 6.07) is 7.06. The molecule has 2 N–H and O–H groups in total. The van der Waals surface area contributed by atoms with Gasteiger partial charge in [-0.15, -0.1) is 5.10 Å². The molecule has 2 rings (SSSR count). The summed E-state index contributed by atoms with van der Waals surface area (Å²) in [5.74, 6) is 0.513. The van der Waals surface area contributed by atoms with Crippen molar-refractivity contribution >= 4 is 25.1 Å². The third-order valence-electron chi connectivity index (χ3n) is 3.01. The number of rotatable bonds is 4. The second kappa shape index (κ2) is 5.77. The van der Waals surface area contributed by atoms with Crippen LogP contribution in [0.2, 0.25) is 5.02 Å². The summed E-state index contributed by atoms with van der Waals surface area (Å²) in [5, 5.41) is 4.94. The molecule has 0 atom stereocenters. The predicted molar refractivity (Wildman–Crippen MR) is 85.3 cm³/mol. The van der Waals surface area contributed by atoms with E-state index in [0.29, 0.717) is 10.8 Å². The fraction of sp³-hybridized carbons (Fsp3) is 0.333. The van der Waals surface area contributed by atoms with Gasteiger partial charge in [0.1, 0.15) is 0 Å². The molecular weight excluding hydrogens is 311 g/mol. The first kappa shape index (κ1) is 16.0. The van der Waals surface area contributed by atoms with Gasteiger partial charge in [-0.05, 0) is 52.5 Å². The molecule has 1 aromatic heterocycles. The zero-order valence-electron chi connectivity index (χ0n) is 12.4. The van der Waals surface area contributed by atoms with Gasteiger partial charge >= 0.3 is 7.59 Å². The summed E-state index contributed by atoms with van der Waals surface area (Å²) in [5.41, 5.74) is 6.67. The van der Waals surface area contributed by atoms with E-state index in [1.165, 1.54) is 4.45 Å². The molecule has 0 fully saturated rings. The first-order chi connectivity index (χ1) is 9.76. The Bertz CT molecular complexity index is 670. The predicted octanol–water partition coefficient (Wildman–Crippen LogP) is 2.26. The number of nitrogen functional groups attached to an aromatic ring is 1. The highest BCUT2D eigenvalue weighted by Gasteiger charge is 2.34. The van der Waals surface area contributed by atoms with Gasteiger partial charge in [0.05, 0.1) is 0 Å². The van der Waals surface area contributed by atoms with E-state index in [1.54, 1.807) is 61.8 Å². The van der Waals surface area contributed by atoms with Crippen molar-refractivity contribution in [3.05, 3.63) is 29.3 Å². The summed E-state index contributed by atoms with van der Waals surface area (Å²) in [4.78, 5) is 4.20. The number of hydrogen-bond acceptors (Lipinski definition) is 4. The van der Waals surface area contributed by atoms with E-state index in [-0.39, 0.29) is 5.95 Å². The molecular formula is C12H18ClN6OP. The molecule has 0 saturated carbocycles. The van der Waals surface area contributed by atoms with E-state index in [1.807, 2.05) is 0 Å². The number of hydrogen-bond donors (Lipinski definition) is 1. The summed E-state index contributed by atoms with van der Waals surface area (Å²) < 4.78 is 17.6. The highest BCUT2D eigenvalue weighted by molar-refractivity contribution is 7.57. The van der Waals surface area contributed by atoms with Gasteiger partial charge in [-0.1, -0.05) is 11.6 Å². The van der Waals surface area contributed by atoms with Gasteiger partial charge in [-0.2, -0.15) is 9.44 Å². The van der Waals surface area contributed by atoms with Crippen molar-refractivity contribution in [1.82, 2.24) is 23.9 Å². The molecule has 0 aliphatic rings. The van der Waals surface area contributed by atoms with E-state index in [9.17, 15) is 4.57 Å². The molecule has 0 spiro atoms. The van der Waals surface area contributed by atoms with Crippen LogP contribution in [0.25, 0.3) is 11.4 Å². The largest absolute Gasteiger partial charge is 0.368 e. The van der Waals surface area contributed by atoms with Crippen molar-refractivity contribution in [2.45, 2.75) is 0 Å². The topological polar surface area (TPSA) is 80.3 Å². The molecule has 1 aromatic carbocycles. The summed E-state index contributed by atoms with van der Waals surface area (Å²) in [7, 11) is 3.74. The first-order valence-electron chi connectivity index (χ1n) is 6.21. The Morgan fingerprint density at radius 2 is 1.67 bits per heavy atom. The molecule has 0 radical (unpaired) electrons. The van der Waals surface area contributed by atoms with Crippen LogP contribution >= 0.6 is 19.2 Å². The fourth-order valence-electron chi connectivity index (χ4n) is 1.93. The zero-order valence-corrected chi connectivity index (χ0v) is 14.0. The van der Waals surface area contributed by atoms with Crippen LogP contribution in [0.1, 0.15) is 0 Å². The van der Waals surface area contributed by atoms with Gasteiger partial charge in [0.15, 0.2) is 5.82 Å². The lowest BCUT2D eigenvalue weighted by atomic mass is 10.2. The van der Waals surface area contributed by atoms with Crippen LogP contribution in [0.4, 0.5) is 5.95 Å². The summed E-state index contributed by atoms with van der Waals surface area (Å²) in [6.07, 6.45) is 0. The van der Waals surface area contributed by atoms with E-state index >= 15 is 0 Å². The van der Waals surface area contributed by atoms with Crippen molar-refractivity contribution in [3.63, 3.8) is 0 Å². The Morgan fingerprint density at radius 1 is 1.14 bits per heavy atom. The Kier molecular flexibility index (Phi) is 4.39. The monoisotopic (exact) mass is 328 g/mol. The number of anilines is 1. The molecule has 2 aromatic rings. The number of nitrogens with two attached hydrogens (primary N) is 1. The highest BCUT2D eigenvalue weighted by atomic mass is 35.5. The molecule has 114 valence electrons. The van der Waals surface area contributed by atoms with Crippen molar-refractivity contribution < 1.29 is 4.57 Å². The number of nitrogens with zero attached hydrogens (tertiary/aromatic N) is 5. The van der Waals surface area contributed by atoms with Crippen LogP contribution in [-0.2, 0) is 4.57 Å². The smallest absolute Gasteiger partial charge is 0.332 e. The van der Waals surface area contributed by atoms with Gasteiger partial charge < -0.3 is 5.73 Å². The van der Waals surface area contributed by atoms with E-state index in [2.05, 4.69) is 10.1 Å². The van der Waals surface area contributed by atoms with Gasteiger partial charge in [0.2, 0.25) is 5.95 Å². The molecule has 21 heavy (non-hydrogen) atoms. The second-order valence-electron chi connectivity index (χ2n) is 4.90. The lowest BCUT2D eigenvalue weighted by Crippen LogP contribution is -2.27. The summed E-state index contributed by atoms with van der Waals surface area (Å²) >= 11 is 5.86. The second-order valence-corrected chi connectivity index (χ2v) is 8.34. The van der Waals surface area contributed by atoms with Crippen molar-refractivity contribution in [2.75, 3.05) is 33.9 Å². The van der Waals surface area contributed by atoms with Gasteiger partial charge in [-0.25, -0.2) is 9.34 Å². The molecule has 1 heterocycles. The molecule has 0 bridgehead atoms. The molecule has 0 aliphatic carbocycles. The van der Waals surface area contributed by atoms with Crippen molar-refractivity contribution in [3.8, 4) is 11.4 Å². The molecule has 0 aliphatic heterocycles. The SMILES string of the molecule is CN(C)P(=O)(N(C)C)n1nc(-c2ccc(Cl)cc2)nc1N. The van der Waals surface area contributed by atoms with Gasteiger partial charge in [0.25, 0.3) is 0 Å². The van der Waals surface area contributed by atoms with Crippen LogP contribution < -0.4 is 5.73 Å². The number of aromatic nitrogens is 3. The van der Waals surface area contributed by atoms with E-state index in [4.69, 9.17) is 17.3 Å². The fourth-order valence-corrected chi connectivity index (χ4v) is 3.96. The number of benzene rings is 1. The van der Waals surface area contributed by atoms with Crippen molar-refractivity contribution in [1.29, 1.82) is 0 Å². The Morgan fingerprint density at radius 3 is 2.14 bits per heavy atom. The molecule has 9 heteroatoms. The minimum atomic E-state index is -3.10. The zero-order chi connectivity index (χ0) is 15.8. The normalized spacial score (nSPS) is 12.3. The summed E-state index contributed by atoms with van der Waals surface area (Å²) in [6.45, 7) is 0. The molecule has 7 nitrogen and oxygen atoms in total. The Hall–Kier alpha value is -1.40. The molecule has 0 amide bonds. The van der Waals surface area contributed by atoms with Crippen LogP contribution in [0.5, 0.6) is 0 Å². The quantitative estimate of drug-likeness (QED) is 0.867. The standard InChI is InChI=1S/C12H18ClN6OP/c1-17(2)21(20,18(3)4)19-12(14)15-11(16-19)9-5-7-10(13)8-6-9/h5-8H,1-4H3,(H2,14,15,16). The van der Waals surface area contributed by atoms with E-state index < -0.39 is 7.59 Å². The van der Waals surface area contributed by atoms with Crippen molar-refractivity contribution in [2.24, 2.45) is 0 Å². The minimum absolute atomic E-state index is 0.102. The van der Waals surface area contributed by atoms with Gasteiger partial charge in [-0.3, -0.25) is 4.57 Å². The Balaban J connectivity index is 2.53. The average molecular weight is 329 g/mol. The Labute approximate surface area is 128 Å². The van der Waals surface area contributed by atoms with E-state index in [0.717, 1.165) is 5.56 Å². The average Bonchev–Trinajstić information content (AvgIpc) is 2.80. The highest BCUT2D eigenvalue weighted by Crippen LogP contribution is 2.51. The van der Waals surface area contributed by atoms with Crippen LogP contribution in [-0.4, -0.2) is 52.1 Å². The lowest BCUT2D eigenvalue weighted by molar-refractivity contribution is 0.431. The van der Waals surface area contributed by atoms with Crippen LogP contribution in [0.15, 0.2) is 24.3 Å². The van der Waals surface area contributed by atoms with Crippen LogP contribution in [0.3, 0.4) is 0 Å². The number of halogens is 1. The van der Waals surface area contributed by atoms with Crippen LogP contribution in [0, 0.1) is 0 Å². The molecule has 0 saturated heterocycles. The maximum Gasteiger partial charge on any atom is 0.332 e. The third-order valence-corrected chi connectivity index (χ3v) is 6.13. The maximum atomic E-state index is 13.1. The lowest BCUT2D eigenvalue weighted by Gasteiger charge is -2.29.